The zero-order valence-electron chi connectivity index (χ0n) is 17.0. The van der Waals surface area contributed by atoms with E-state index >= 15 is 0 Å². The first-order chi connectivity index (χ1) is 14.2. The minimum absolute atomic E-state index is 0.291. The van der Waals surface area contributed by atoms with Gasteiger partial charge in [-0.3, -0.25) is 5.10 Å². The third kappa shape index (κ3) is 4.59. The standard InChI is InChI=1S/C21H28N6O2/c1-3-4-9-29-21-24-18-16(26-27-19(18)20(22)25-21)11-14-6-5-13(10-17(14)28-2)12-23-15-7-8-15/h5-6,10,15,23H,3-4,7-9,11-12H2,1-2H3,(H,26,27)(H2,22,24,25). The summed E-state index contributed by atoms with van der Waals surface area (Å²) >= 11 is 0. The molecule has 0 aliphatic heterocycles. The molecule has 1 saturated carbocycles. The highest BCUT2D eigenvalue weighted by molar-refractivity contribution is 5.86. The number of nitrogens with one attached hydrogen (secondary N) is 2. The van der Waals surface area contributed by atoms with E-state index in [0.29, 0.717) is 41.9 Å². The van der Waals surface area contributed by atoms with Crippen molar-refractivity contribution in [3.05, 3.63) is 35.0 Å². The molecule has 1 aliphatic carbocycles. The molecule has 4 rings (SSSR count). The van der Waals surface area contributed by atoms with Crippen LogP contribution < -0.4 is 20.5 Å². The second kappa shape index (κ2) is 8.65. The number of hydrogen-bond donors (Lipinski definition) is 3. The van der Waals surface area contributed by atoms with Gasteiger partial charge in [0.2, 0.25) is 0 Å². The van der Waals surface area contributed by atoms with Gasteiger partial charge in [-0.15, -0.1) is 0 Å². The molecule has 0 unspecified atom stereocenters. The Balaban J connectivity index is 1.56. The van der Waals surface area contributed by atoms with Crippen LogP contribution in [0.2, 0.25) is 0 Å². The fraction of sp³-hybridized carbons (Fsp3) is 0.476. The Morgan fingerprint density at radius 1 is 1.28 bits per heavy atom. The number of nitrogen functional groups attached to an aromatic ring is 1. The van der Waals surface area contributed by atoms with E-state index < -0.39 is 0 Å². The lowest BCUT2D eigenvalue weighted by Crippen LogP contribution is -2.15. The van der Waals surface area contributed by atoms with Crippen LogP contribution in [0.15, 0.2) is 18.2 Å². The predicted octanol–water partition coefficient (Wildman–Crippen LogP) is 2.97. The molecule has 2 heterocycles. The normalized spacial score (nSPS) is 13.7. The van der Waals surface area contributed by atoms with E-state index in [1.54, 1.807) is 7.11 Å². The number of nitrogens with two attached hydrogens (primary N) is 1. The van der Waals surface area contributed by atoms with Gasteiger partial charge in [0.25, 0.3) is 0 Å². The summed E-state index contributed by atoms with van der Waals surface area (Å²) < 4.78 is 11.3. The zero-order chi connectivity index (χ0) is 20.2. The summed E-state index contributed by atoms with van der Waals surface area (Å²) in [5.41, 5.74) is 10.4. The van der Waals surface area contributed by atoms with Crippen LogP contribution in [0.3, 0.4) is 0 Å². The van der Waals surface area contributed by atoms with Gasteiger partial charge in [-0.1, -0.05) is 25.5 Å². The van der Waals surface area contributed by atoms with E-state index in [-0.39, 0.29) is 0 Å². The monoisotopic (exact) mass is 396 g/mol. The van der Waals surface area contributed by atoms with Crippen LogP contribution in [-0.2, 0) is 13.0 Å². The first-order valence-corrected chi connectivity index (χ1v) is 10.2. The first kappa shape index (κ1) is 19.4. The van der Waals surface area contributed by atoms with Gasteiger partial charge in [0, 0.05) is 24.6 Å². The number of fused-ring (bicyclic) bond motifs is 1. The Hall–Kier alpha value is -2.87. The average molecular weight is 396 g/mol. The maximum absolute atomic E-state index is 6.07. The number of rotatable bonds is 10. The summed E-state index contributed by atoms with van der Waals surface area (Å²) in [5, 5.41) is 10.9. The SMILES string of the molecule is CCCCOc1nc(N)c2[nH]nc(Cc3ccc(CNC4CC4)cc3OC)c2n1. The number of anilines is 1. The molecule has 8 nitrogen and oxygen atoms in total. The molecule has 8 heteroatoms. The van der Waals surface area contributed by atoms with Crippen LogP contribution in [0.25, 0.3) is 11.0 Å². The highest BCUT2D eigenvalue weighted by atomic mass is 16.5. The molecule has 29 heavy (non-hydrogen) atoms. The number of ether oxygens (including phenoxy) is 2. The van der Waals surface area contributed by atoms with Crippen molar-refractivity contribution in [3.8, 4) is 11.8 Å². The van der Waals surface area contributed by atoms with Gasteiger partial charge in [0.15, 0.2) is 5.82 Å². The molecule has 0 radical (unpaired) electrons. The number of nitrogens with zero attached hydrogens (tertiary/aromatic N) is 3. The highest BCUT2D eigenvalue weighted by Gasteiger charge is 2.20. The van der Waals surface area contributed by atoms with E-state index in [4.69, 9.17) is 15.2 Å². The van der Waals surface area contributed by atoms with E-state index in [1.165, 1.54) is 18.4 Å². The predicted molar refractivity (Wildman–Crippen MR) is 112 cm³/mol. The van der Waals surface area contributed by atoms with Gasteiger partial charge in [-0.05, 0) is 30.9 Å². The second-order valence-corrected chi connectivity index (χ2v) is 7.47. The molecule has 4 N–H and O–H groups in total. The maximum Gasteiger partial charge on any atom is 0.319 e. The van der Waals surface area contributed by atoms with E-state index in [1.807, 2.05) is 0 Å². The van der Waals surface area contributed by atoms with Crippen LogP contribution in [0, 0.1) is 0 Å². The first-order valence-electron chi connectivity index (χ1n) is 10.2. The Kier molecular flexibility index (Phi) is 5.80. The second-order valence-electron chi connectivity index (χ2n) is 7.47. The molecule has 0 saturated heterocycles. The fourth-order valence-corrected chi connectivity index (χ4v) is 3.22. The summed E-state index contributed by atoms with van der Waals surface area (Å²) in [6.45, 7) is 3.53. The highest BCUT2D eigenvalue weighted by Crippen LogP contribution is 2.28. The molecule has 1 aliphatic rings. The van der Waals surface area contributed by atoms with Gasteiger partial charge in [-0.2, -0.15) is 15.1 Å². The Bertz CT molecular complexity index is 983. The summed E-state index contributed by atoms with van der Waals surface area (Å²) in [4.78, 5) is 8.76. The summed E-state index contributed by atoms with van der Waals surface area (Å²) in [7, 11) is 1.69. The van der Waals surface area contributed by atoms with Crippen molar-refractivity contribution >= 4 is 16.9 Å². The van der Waals surface area contributed by atoms with Gasteiger partial charge in [-0.25, -0.2) is 0 Å². The van der Waals surface area contributed by atoms with Gasteiger partial charge in [0.05, 0.1) is 19.4 Å². The number of aromatic nitrogens is 4. The Labute approximate surface area is 170 Å². The molecule has 3 aromatic rings. The van der Waals surface area contributed by atoms with Gasteiger partial charge in [0.1, 0.15) is 16.8 Å². The fourth-order valence-electron chi connectivity index (χ4n) is 3.22. The number of H-pyrrole nitrogens is 1. The molecule has 0 amide bonds. The average Bonchev–Trinajstić information content (AvgIpc) is 3.47. The van der Waals surface area contributed by atoms with Crippen LogP contribution in [-0.4, -0.2) is 39.9 Å². The molecule has 2 aromatic heterocycles. The van der Waals surface area contributed by atoms with Crippen molar-refractivity contribution in [1.29, 1.82) is 0 Å². The lowest BCUT2D eigenvalue weighted by Gasteiger charge is -2.11. The lowest BCUT2D eigenvalue weighted by atomic mass is 10.0. The minimum Gasteiger partial charge on any atom is -0.496 e. The number of hydrogen-bond acceptors (Lipinski definition) is 7. The third-order valence-electron chi connectivity index (χ3n) is 5.10. The van der Waals surface area contributed by atoms with Crippen LogP contribution >= 0.6 is 0 Å². The molecule has 0 spiro atoms. The third-order valence-corrected chi connectivity index (χ3v) is 5.10. The zero-order valence-corrected chi connectivity index (χ0v) is 17.0. The smallest absolute Gasteiger partial charge is 0.319 e. The topological polar surface area (TPSA) is 111 Å². The quantitative estimate of drug-likeness (QED) is 0.452. The van der Waals surface area contributed by atoms with Crippen molar-refractivity contribution in [2.24, 2.45) is 0 Å². The summed E-state index contributed by atoms with van der Waals surface area (Å²) in [6.07, 6.45) is 5.11. The summed E-state index contributed by atoms with van der Waals surface area (Å²) in [6, 6.07) is 7.27. The number of unbranched alkanes of at least 4 members (excludes halogenated alkanes) is 1. The molecule has 1 aromatic carbocycles. The Morgan fingerprint density at radius 3 is 2.90 bits per heavy atom. The minimum atomic E-state index is 0.291. The molecule has 0 bridgehead atoms. The van der Waals surface area contributed by atoms with E-state index in [0.717, 1.165) is 36.4 Å². The van der Waals surface area contributed by atoms with Crippen molar-refractivity contribution < 1.29 is 9.47 Å². The summed E-state index contributed by atoms with van der Waals surface area (Å²) in [5.74, 6) is 1.19. The van der Waals surface area contributed by atoms with Crippen molar-refractivity contribution in [1.82, 2.24) is 25.5 Å². The van der Waals surface area contributed by atoms with E-state index in [9.17, 15) is 0 Å². The van der Waals surface area contributed by atoms with Crippen molar-refractivity contribution in [2.75, 3.05) is 19.5 Å². The van der Waals surface area contributed by atoms with E-state index in [2.05, 4.69) is 50.6 Å². The molecular weight excluding hydrogens is 368 g/mol. The molecule has 154 valence electrons. The Morgan fingerprint density at radius 2 is 2.14 bits per heavy atom. The van der Waals surface area contributed by atoms with Crippen LogP contribution in [0.5, 0.6) is 11.8 Å². The number of benzene rings is 1. The largest absolute Gasteiger partial charge is 0.496 e. The number of methoxy groups -OCH3 is 1. The van der Waals surface area contributed by atoms with Gasteiger partial charge < -0.3 is 20.5 Å². The van der Waals surface area contributed by atoms with Crippen molar-refractivity contribution in [3.63, 3.8) is 0 Å². The van der Waals surface area contributed by atoms with Crippen molar-refractivity contribution in [2.45, 2.75) is 51.6 Å². The number of aromatic amines is 1. The lowest BCUT2D eigenvalue weighted by molar-refractivity contribution is 0.287. The maximum atomic E-state index is 6.07. The molecule has 1 fully saturated rings. The molecule has 0 atom stereocenters. The van der Waals surface area contributed by atoms with Crippen LogP contribution in [0.4, 0.5) is 5.82 Å². The van der Waals surface area contributed by atoms with Crippen LogP contribution in [0.1, 0.15) is 49.4 Å². The van der Waals surface area contributed by atoms with Gasteiger partial charge >= 0.3 is 6.01 Å². The molecular formula is C21H28N6O2.